The van der Waals surface area contributed by atoms with Crippen molar-refractivity contribution in [2.45, 2.75) is 18.6 Å². The maximum atomic E-state index is 13.2. The number of halogens is 2. The van der Waals surface area contributed by atoms with E-state index in [0.717, 1.165) is 6.20 Å². The molecular formula is C9H11ClFNO2S. The van der Waals surface area contributed by atoms with Crippen LogP contribution in [0.5, 0.6) is 0 Å². The van der Waals surface area contributed by atoms with E-state index in [2.05, 4.69) is 17.6 Å². The van der Waals surface area contributed by atoms with Crippen LogP contribution in [0.1, 0.15) is 18.1 Å². The monoisotopic (exact) mass is 251 g/mol. The van der Waals surface area contributed by atoms with E-state index in [1.807, 2.05) is 0 Å². The Bertz CT molecular complexity index is 340. The fourth-order valence-electron chi connectivity index (χ4n) is 1.14. The summed E-state index contributed by atoms with van der Waals surface area (Å²) in [5.41, 5.74) is -0.100. The molecule has 0 aliphatic carbocycles. The van der Waals surface area contributed by atoms with Crippen molar-refractivity contribution in [2.24, 2.45) is 0 Å². The molecule has 6 heteroatoms. The van der Waals surface area contributed by atoms with Gasteiger partial charge < -0.3 is 10.2 Å². The Balaban J connectivity index is 2.89. The molecule has 1 aromatic heterocycles. The molecule has 0 aliphatic heterocycles. The van der Waals surface area contributed by atoms with E-state index in [-0.39, 0.29) is 17.0 Å². The topological polar surface area (TPSA) is 53.4 Å². The zero-order valence-corrected chi connectivity index (χ0v) is 9.42. The van der Waals surface area contributed by atoms with Gasteiger partial charge in [0.05, 0.1) is 11.1 Å². The van der Waals surface area contributed by atoms with Gasteiger partial charge in [-0.3, -0.25) is 0 Å². The van der Waals surface area contributed by atoms with Gasteiger partial charge in [-0.2, -0.15) is 17.0 Å². The lowest BCUT2D eigenvalue weighted by atomic mass is 10.0. The number of aliphatic hydroxyl groups excluding tert-OH is 2. The fraction of sp³-hybridized carbons (Fsp3) is 0.444. The van der Waals surface area contributed by atoms with E-state index in [1.165, 1.54) is 6.07 Å². The lowest BCUT2D eigenvalue weighted by Crippen LogP contribution is -2.20. The number of rotatable bonds is 4. The highest BCUT2D eigenvalue weighted by atomic mass is 35.5. The number of hydrogen-bond acceptors (Lipinski definition) is 4. The highest BCUT2D eigenvalue weighted by molar-refractivity contribution is 7.80. The Morgan fingerprint density at radius 3 is 2.80 bits per heavy atom. The van der Waals surface area contributed by atoms with Gasteiger partial charge >= 0.3 is 0 Å². The van der Waals surface area contributed by atoms with Crippen molar-refractivity contribution in [2.75, 3.05) is 5.75 Å². The Kier molecular flexibility index (Phi) is 4.79. The van der Waals surface area contributed by atoms with E-state index >= 15 is 0 Å². The molecule has 1 heterocycles. The third kappa shape index (κ3) is 3.31. The Labute approximate surface area is 97.3 Å². The number of aliphatic hydroxyl groups is 2. The fourth-order valence-corrected chi connectivity index (χ4v) is 1.57. The summed E-state index contributed by atoms with van der Waals surface area (Å²) < 4.78 is 13.2. The molecule has 2 atom stereocenters. The van der Waals surface area contributed by atoms with Gasteiger partial charge in [-0.25, -0.2) is 4.98 Å². The first-order chi connectivity index (χ1) is 7.06. The quantitative estimate of drug-likeness (QED) is 0.563. The molecule has 0 saturated carbocycles. The van der Waals surface area contributed by atoms with Gasteiger partial charge in [-0.15, -0.1) is 0 Å². The van der Waals surface area contributed by atoms with Crippen LogP contribution >= 0.6 is 24.2 Å². The van der Waals surface area contributed by atoms with Crippen LogP contribution in [0.15, 0.2) is 12.3 Å². The van der Waals surface area contributed by atoms with Crippen molar-refractivity contribution in [1.82, 2.24) is 4.98 Å². The molecule has 1 rings (SSSR count). The molecule has 0 amide bonds. The minimum absolute atomic E-state index is 0.100. The van der Waals surface area contributed by atoms with Gasteiger partial charge in [0.1, 0.15) is 6.10 Å². The Morgan fingerprint density at radius 1 is 1.53 bits per heavy atom. The van der Waals surface area contributed by atoms with Crippen LogP contribution in [0.4, 0.5) is 4.39 Å². The zero-order chi connectivity index (χ0) is 11.4. The average Bonchev–Trinajstić information content (AvgIpc) is 2.21. The van der Waals surface area contributed by atoms with Crippen molar-refractivity contribution in [3.05, 3.63) is 28.8 Å². The second-order valence-electron chi connectivity index (χ2n) is 3.06. The van der Waals surface area contributed by atoms with E-state index in [0.29, 0.717) is 5.75 Å². The third-order valence-corrected chi connectivity index (χ3v) is 2.41. The maximum absolute atomic E-state index is 13.2. The molecule has 2 N–H and O–H groups in total. The molecule has 1 aromatic rings. The van der Waals surface area contributed by atoms with Gasteiger partial charge in [-0.05, 0) is 18.2 Å². The predicted molar refractivity (Wildman–Crippen MR) is 58.6 cm³/mol. The van der Waals surface area contributed by atoms with Crippen molar-refractivity contribution < 1.29 is 14.6 Å². The third-order valence-electron chi connectivity index (χ3n) is 1.94. The Morgan fingerprint density at radius 2 is 2.20 bits per heavy atom. The summed E-state index contributed by atoms with van der Waals surface area (Å²) in [5, 5.41) is 19.3. The predicted octanol–water partition coefficient (Wildman–Crippen LogP) is 1.59. The molecule has 0 aromatic carbocycles. The van der Waals surface area contributed by atoms with Crippen LogP contribution in [0, 0.1) is 5.95 Å². The highest BCUT2D eigenvalue weighted by Gasteiger charge is 2.21. The van der Waals surface area contributed by atoms with Gasteiger partial charge in [0.2, 0.25) is 5.95 Å². The lowest BCUT2D eigenvalue weighted by molar-refractivity contribution is 0.0147. The molecule has 15 heavy (non-hydrogen) atoms. The number of nitrogens with zero attached hydrogens (tertiary/aromatic N) is 1. The number of hydrogen-bond donors (Lipinski definition) is 3. The van der Waals surface area contributed by atoms with Crippen LogP contribution in [-0.4, -0.2) is 27.1 Å². The minimum Gasteiger partial charge on any atom is -0.390 e. The van der Waals surface area contributed by atoms with Gasteiger partial charge in [0.15, 0.2) is 0 Å². The number of pyridine rings is 1. The standard InChI is InChI=1S/C9H11ClFNO2S/c10-5-3-6(9(11)12-4-5)8(14)7(13)1-2-15/h3-4,7-8,13-15H,1-2H2. The van der Waals surface area contributed by atoms with Gasteiger partial charge in [-0.1, -0.05) is 11.6 Å². The summed E-state index contributed by atoms with van der Waals surface area (Å²) in [4.78, 5) is 3.35. The molecule has 0 radical (unpaired) electrons. The average molecular weight is 252 g/mol. The zero-order valence-electron chi connectivity index (χ0n) is 7.77. The van der Waals surface area contributed by atoms with Gasteiger partial charge in [0, 0.05) is 11.8 Å². The van der Waals surface area contributed by atoms with Crippen LogP contribution in [0.3, 0.4) is 0 Å². The first kappa shape index (κ1) is 12.7. The smallest absolute Gasteiger partial charge is 0.218 e. The lowest BCUT2D eigenvalue weighted by Gasteiger charge is -2.17. The molecular weight excluding hydrogens is 241 g/mol. The van der Waals surface area contributed by atoms with E-state index in [1.54, 1.807) is 0 Å². The first-order valence-electron chi connectivity index (χ1n) is 4.34. The van der Waals surface area contributed by atoms with Crippen LogP contribution in [-0.2, 0) is 0 Å². The number of thiol groups is 1. The maximum Gasteiger partial charge on any atom is 0.218 e. The van der Waals surface area contributed by atoms with E-state index in [4.69, 9.17) is 11.6 Å². The van der Waals surface area contributed by atoms with E-state index < -0.39 is 18.2 Å². The molecule has 2 unspecified atom stereocenters. The molecule has 0 aliphatic rings. The SMILES string of the molecule is OC(CCS)C(O)c1cc(Cl)cnc1F. The van der Waals surface area contributed by atoms with Crippen molar-refractivity contribution >= 4 is 24.2 Å². The minimum atomic E-state index is -1.33. The summed E-state index contributed by atoms with van der Waals surface area (Å²) in [6, 6.07) is 1.25. The molecule has 3 nitrogen and oxygen atoms in total. The molecule has 0 spiro atoms. The van der Waals surface area contributed by atoms with Crippen LogP contribution in [0.2, 0.25) is 5.02 Å². The molecule has 0 fully saturated rings. The molecule has 0 saturated heterocycles. The molecule has 84 valence electrons. The van der Waals surface area contributed by atoms with Gasteiger partial charge in [0.25, 0.3) is 0 Å². The Hall–Kier alpha value is -0.360. The van der Waals surface area contributed by atoms with E-state index in [9.17, 15) is 14.6 Å². The first-order valence-corrected chi connectivity index (χ1v) is 5.35. The van der Waals surface area contributed by atoms with Crippen molar-refractivity contribution in [3.8, 4) is 0 Å². The number of aromatic nitrogens is 1. The summed E-state index contributed by atoms with van der Waals surface area (Å²) in [6.45, 7) is 0. The van der Waals surface area contributed by atoms with Crippen LogP contribution < -0.4 is 0 Å². The second kappa shape index (κ2) is 5.65. The summed E-state index contributed by atoms with van der Waals surface area (Å²) in [7, 11) is 0. The summed E-state index contributed by atoms with van der Waals surface area (Å²) in [5.74, 6) is -0.432. The second-order valence-corrected chi connectivity index (χ2v) is 3.94. The van der Waals surface area contributed by atoms with Crippen LogP contribution in [0.25, 0.3) is 0 Å². The summed E-state index contributed by atoms with van der Waals surface area (Å²) >= 11 is 9.51. The normalized spacial score (nSPS) is 15.0. The molecule has 0 bridgehead atoms. The largest absolute Gasteiger partial charge is 0.390 e. The van der Waals surface area contributed by atoms with Crippen molar-refractivity contribution in [3.63, 3.8) is 0 Å². The highest BCUT2D eigenvalue weighted by Crippen LogP contribution is 2.23. The summed E-state index contributed by atoms with van der Waals surface area (Å²) in [6.07, 6.45) is -1.01. The van der Waals surface area contributed by atoms with Crippen molar-refractivity contribution in [1.29, 1.82) is 0 Å².